The van der Waals surface area contributed by atoms with Crippen LogP contribution in [0.3, 0.4) is 0 Å². The first-order valence-corrected chi connectivity index (χ1v) is 11.6. The first kappa shape index (κ1) is 35.2. The van der Waals surface area contributed by atoms with Gasteiger partial charge in [0.25, 0.3) is 10.1 Å². The molecular formula is C20H34Na2O7S. The standard InChI is InChI=1S/C20H36O7S.2Na/c1-3-5-6-7-8-9-10-11-12-13-14-16-20(19(23)24,28(25,26)27)17(15-4-2)18(21)22;;/h4,17H,2-3,5-16H2,1H3,(H,21,22)(H,23,24)(H,25,26,27);;/q;2*+1/p-2. The predicted molar refractivity (Wildman–Crippen MR) is 104 cm³/mol. The molecule has 0 aliphatic rings. The molecule has 0 aromatic heterocycles. The van der Waals surface area contributed by atoms with Gasteiger partial charge in [0.05, 0.1) is 5.97 Å². The zero-order chi connectivity index (χ0) is 21.6. The minimum absolute atomic E-state index is 0. The molecule has 2 atom stereocenters. The normalized spacial score (nSPS) is 13.9. The number of carboxylic acid groups (broad SMARTS) is 2. The topological polar surface area (TPSA) is 135 Å². The van der Waals surface area contributed by atoms with E-state index in [0.29, 0.717) is 6.42 Å². The van der Waals surface area contributed by atoms with Gasteiger partial charge in [0, 0.05) is 11.9 Å². The fourth-order valence-corrected chi connectivity index (χ4v) is 4.69. The second kappa shape index (κ2) is 19.1. The van der Waals surface area contributed by atoms with Gasteiger partial charge in [-0.15, -0.1) is 6.58 Å². The number of hydrogen-bond acceptors (Lipinski definition) is 6. The van der Waals surface area contributed by atoms with E-state index in [4.69, 9.17) is 0 Å². The van der Waals surface area contributed by atoms with Gasteiger partial charge in [0.1, 0.15) is 4.75 Å². The van der Waals surface area contributed by atoms with E-state index in [-0.39, 0.29) is 65.5 Å². The summed E-state index contributed by atoms with van der Waals surface area (Å²) in [6.07, 6.45) is 10.8. The molecule has 0 saturated heterocycles. The van der Waals surface area contributed by atoms with Crippen LogP contribution in [0.4, 0.5) is 0 Å². The summed E-state index contributed by atoms with van der Waals surface area (Å²) in [5.41, 5.74) is 0. The van der Waals surface area contributed by atoms with E-state index in [0.717, 1.165) is 31.8 Å². The smallest absolute Gasteiger partial charge is 0.550 e. The number of carbonyl (C=O) groups excluding carboxylic acids is 2. The van der Waals surface area contributed by atoms with E-state index >= 15 is 0 Å². The number of carbonyl (C=O) groups is 2. The quantitative estimate of drug-likeness (QED) is 0.0946. The molecule has 0 aliphatic carbocycles. The molecule has 0 rings (SSSR count). The molecule has 10 heteroatoms. The van der Waals surface area contributed by atoms with Gasteiger partial charge in [-0.3, -0.25) is 4.55 Å². The summed E-state index contributed by atoms with van der Waals surface area (Å²) >= 11 is 0. The summed E-state index contributed by atoms with van der Waals surface area (Å²) in [5.74, 6) is -5.96. The van der Waals surface area contributed by atoms with E-state index in [9.17, 15) is 32.8 Å². The summed E-state index contributed by atoms with van der Waals surface area (Å²) in [6, 6.07) is 0. The summed E-state index contributed by atoms with van der Waals surface area (Å²) in [4.78, 5) is 23.0. The van der Waals surface area contributed by atoms with Crippen molar-refractivity contribution in [2.45, 2.75) is 95.1 Å². The Morgan fingerprint density at radius 3 is 1.63 bits per heavy atom. The molecule has 30 heavy (non-hydrogen) atoms. The van der Waals surface area contributed by atoms with Crippen LogP contribution in [0.25, 0.3) is 0 Å². The van der Waals surface area contributed by atoms with Gasteiger partial charge in [0.2, 0.25) is 0 Å². The fourth-order valence-electron chi connectivity index (χ4n) is 3.53. The van der Waals surface area contributed by atoms with Gasteiger partial charge < -0.3 is 19.8 Å². The Labute approximate surface area is 225 Å². The molecule has 0 radical (unpaired) electrons. The van der Waals surface area contributed by atoms with Crippen molar-refractivity contribution in [3.63, 3.8) is 0 Å². The summed E-state index contributed by atoms with van der Waals surface area (Å²) in [6.45, 7) is 5.49. The van der Waals surface area contributed by atoms with E-state index in [2.05, 4.69) is 13.5 Å². The first-order chi connectivity index (χ1) is 13.1. The van der Waals surface area contributed by atoms with Crippen LogP contribution in [0.2, 0.25) is 0 Å². The molecule has 7 nitrogen and oxygen atoms in total. The van der Waals surface area contributed by atoms with E-state index in [1.54, 1.807) is 0 Å². The molecular weight excluding hydrogens is 430 g/mol. The Bertz CT molecular complexity index is 596. The minimum atomic E-state index is -5.24. The third kappa shape index (κ3) is 12.0. The van der Waals surface area contributed by atoms with Gasteiger partial charge in [-0.2, -0.15) is 8.42 Å². The van der Waals surface area contributed by atoms with Gasteiger partial charge in [-0.1, -0.05) is 83.6 Å². The van der Waals surface area contributed by atoms with E-state index in [1.807, 2.05) is 0 Å². The van der Waals surface area contributed by atoms with Gasteiger partial charge in [-0.05, 0) is 12.8 Å². The van der Waals surface area contributed by atoms with Gasteiger partial charge in [0.15, 0.2) is 0 Å². The van der Waals surface area contributed by atoms with Crippen LogP contribution in [-0.2, 0) is 19.7 Å². The molecule has 0 aliphatic heterocycles. The summed E-state index contributed by atoms with van der Waals surface area (Å²) < 4.78 is 30.3. The monoisotopic (exact) mass is 464 g/mol. The summed E-state index contributed by atoms with van der Waals surface area (Å²) in [5, 5.41) is 23.0. The number of unbranched alkanes of at least 4 members (excludes halogenated alkanes) is 10. The number of aliphatic carboxylic acids is 2. The molecule has 164 valence electrons. The number of allylic oxidation sites excluding steroid dienone is 1. The first-order valence-electron chi connectivity index (χ1n) is 10.1. The van der Waals surface area contributed by atoms with Crippen LogP contribution >= 0.6 is 0 Å². The number of carboxylic acids is 2. The molecule has 1 N–H and O–H groups in total. The average molecular weight is 465 g/mol. The molecule has 0 saturated carbocycles. The third-order valence-electron chi connectivity index (χ3n) is 5.21. The maximum atomic E-state index is 11.8. The molecule has 0 amide bonds. The third-order valence-corrected chi connectivity index (χ3v) is 6.78. The van der Waals surface area contributed by atoms with E-state index in [1.165, 1.54) is 32.1 Å². The Hall–Kier alpha value is 0.590. The van der Waals surface area contributed by atoms with Crippen molar-refractivity contribution in [1.29, 1.82) is 0 Å². The maximum absolute atomic E-state index is 11.8. The summed E-state index contributed by atoms with van der Waals surface area (Å²) in [7, 11) is -5.24. The zero-order valence-electron chi connectivity index (χ0n) is 18.9. The fraction of sp³-hybridized carbons (Fsp3) is 0.800. The van der Waals surface area contributed by atoms with Crippen molar-refractivity contribution < 1.29 is 91.9 Å². The zero-order valence-corrected chi connectivity index (χ0v) is 23.7. The number of hydrogen-bond donors (Lipinski definition) is 1. The second-order valence-corrected chi connectivity index (χ2v) is 9.01. The van der Waals surface area contributed by atoms with Crippen molar-refractivity contribution in [2.75, 3.05) is 0 Å². The molecule has 0 heterocycles. The average Bonchev–Trinajstić information content (AvgIpc) is 2.60. The van der Waals surface area contributed by atoms with Crippen LogP contribution in [0, 0.1) is 5.92 Å². The van der Waals surface area contributed by atoms with Crippen LogP contribution in [0.15, 0.2) is 12.7 Å². The molecule has 0 spiro atoms. The molecule has 0 fully saturated rings. The van der Waals surface area contributed by atoms with Crippen molar-refractivity contribution in [1.82, 2.24) is 0 Å². The van der Waals surface area contributed by atoms with Crippen LogP contribution in [0.5, 0.6) is 0 Å². The SMILES string of the molecule is C=CCC(C(=O)[O-])C(CCCCCCCCCCCCC)(C(=O)[O-])S(=O)(=O)O.[Na+].[Na+]. The maximum Gasteiger partial charge on any atom is 1.00 e. The molecule has 0 bridgehead atoms. The Morgan fingerprint density at radius 2 is 1.33 bits per heavy atom. The largest absolute Gasteiger partial charge is 1.00 e. The molecule has 0 aromatic carbocycles. The van der Waals surface area contributed by atoms with Crippen LogP contribution < -0.4 is 69.3 Å². The predicted octanol–water partition coefficient (Wildman–Crippen LogP) is -3.99. The number of rotatable bonds is 18. The van der Waals surface area contributed by atoms with Gasteiger partial charge in [-0.25, -0.2) is 0 Å². The van der Waals surface area contributed by atoms with Crippen molar-refractivity contribution in [3.05, 3.63) is 12.7 Å². The van der Waals surface area contributed by atoms with E-state index < -0.39 is 45.6 Å². The van der Waals surface area contributed by atoms with Crippen molar-refractivity contribution in [2.24, 2.45) is 5.92 Å². The van der Waals surface area contributed by atoms with Gasteiger partial charge >= 0.3 is 59.1 Å². The second-order valence-electron chi connectivity index (χ2n) is 7.33. The Kier molecular flexibility index (Phi) is 22.4. The molecule has 2 unspecified atom stereocenters. The molecule has 0 aromatic rings. The van der Waals surface area contributed by atoms with Crippen molar-refractivity contribution in [3.8, 4) is 0 Å². The van der Waals surface area contributed by atoms with Crippen LogP contribution in [0.1, 0.15) is 90.4 Å². The van der Waals surface area contributed by atoms with Crippen LogP contribution in [-0.4, -0.2) is 29.7 Å². The minimum Gasteiger partial charge on any atom is -0.550 e. The van der Waals surface area contributed by atoms with Crippen molar-refractivity contribution >= 4 is 22.1 Å². The Balaban J connectivity index is -0.00000364. The Morgan fingerprint density at radius 1 is 0.933 bits per heavy atom.